The number of hydrogen-bond acceptors (Lipinski definition) is 5. The monoisotopic (exact) mass is 460 g/mol. The van der Waals surface area contributed by atoms with Crippen molar-refractivity contribution in [2.24, 2.45) is 5.10 Å². The average Bonchev–Trinajstić information content (AvgIpc) is 3.17. The predicted molar refractivity (Wildman–Crippen MR) is 129 cm³/mol. The van der Waals surface area contributed by atoms with E-state index in [2.05, 4.69) is 27.0 Å². The summed E-state index contributed by atoms with van der Waals surface area (Å²) in [6.07, 6.45) is 1.53. The van der Waals surface area contributed by atoms with Gasteiger partial charge in [0.05, 0.1) is 24.4 Å². The Hall–Kier alpha value is -4.20. The van der Waals surface area contributed by atoms with Crippen molar-refractivity contribution < 1.29 is 18.7 Å². The maximum Gasteiger partial charge on any atom is 0.271 e. The van der Waals surface area contributed by atoms with Crippen LogP contribution in [0.15, 0.2) is 65.8 Å². The first kappa shape index (κ1) is 23.0. The molecular formula is C26H25FN4O3. The SMILES string of the molecule is CCn1c(C)nc2cc(C(=O)N/N=C/c3ccc(OCc4ccc(F)cc4)c(OC)c3)ccc21. The molecule has 7 nitrogen and oxygen atoms in total. The van der Waals surface area contributed by atoms with Crippen LogP contribution in [0, 0.1) is 12.7 Å². The van der Waals surface area contributed by atoms with Gasteiger partial charge in [0.1, 0.15) is 18.2 Å². The zero-order chi connectivity index (χ0) is 24.1. The Balaban J connectivity index is 1.40. The van der Waals surface area contributed by atoms with Crippen LogP contribution >= 0.6 is 0 Å². The van der Waals surface area contributed by atoms with Crippen LogP contribution in [0.25, 0.3) is 11.0 Å². The summed E-state index contributed by atoms with van der Waals surface area (Å²) in [5.41, 5.74) is 6.35. The molecule has 4 rings (SSSR count). The van der Waals surface area contributed by atoms with Gasteiger partial charge in [-0.1, -0.05) is 12.1 Å². The highest BCUT2D eigenvalue weighted by Gasteiger charge is 2.11. The van der Waals surface area contributed by atoms with Gasteiger partial charge < -0.3 is 14.0 Å². The zero-order valence-corrected chi connectivity index (χ0v) is 19.2. The van der Waals surface area contributed by atoms with Gasteiger partial charge in [0.15, 0.2) is 11.5 Å². The molecule has 0 unspecified atom stereocenters. The van der Waals surface area contributed by atoms with Crippen molar-refractivity contribution in [3.05, 3.63) is 89.0 Å². The minimum Gasteiger partial charge on any atom is -0.493 e. The topological polar surface area (TPSA) is 77.7 Å². The molecule has 174 valence electrons. The molecule has 0 aliphatic rings. The van der Waals surface area contributed by atoms with E-state index >= 15 is 0 Å². The van der Waals surface area contributed by atoms with Gasteiger partial charge in [-0.05, 0) is 73.5 Å². The second-order valence-electron chi connectivity index (χ2n) is 7.63. The summed E-state index contributed by atoms with van der Waals surface area (Å²) >= 11 is 0. The summed E-state index contributed by atoms with van der Waals surface area (Å²) in [4.78, 5) is 17.1. The summed E-state index contributed by atoms with van der Waals surface area (Å²) < 4.78 is 26.3. The maximum atomic E-state index is 13.0. The van der Waals surface area contributed by atoms with Crippen LogP contribution in [0.1, 0.15) is 34.2 Å². The van der Waals surface area contributed by atoms with Gasteiger partial charge >= 0.3 is 0 Å². The molecule has 1 amide bonds. The lowest BCUT2D eigenvalue weighted by Crippen LogP contribution is -2.17. The number of benzene rings is 3. The van der Waals surface area contributed by atoms with Crippen molar-refractivity contribution in [2.75, 3.05) is 7.11 Å². The molecule has 0 aliphatic heterocycles. The van der Waals surface area contributed by atoms with E-state index in [9.17, 15) is 9.18 Å². The Morgan fingerprint density at radius 2 is 1.91 bits per heavy atom. The number of aryl methyl sites for hydroxylation is 2. The van der Waals surface area contributed by atoms with E-state index in [0.717, 1.165) is 34.5 Å². The third-order valence-corrected chi connectivity index (χ3v) is 5.39. The lowest BCUT2D eigenvalue weighted by atomic mass is 10.2. The number of hydrogen-bond donors (Lipinski definition) is 1. The van der Waals surface area contributed by atoms with Crippen LogP contribution in [0.4, 0.5) is 4.39 Å². The highest BCUT2D eigenvalue weighted by Crippen LogP contribution is 2.28. The second kappa shape index (κ2) is 10.2. The zero-order valence-electron chi connectivity index (χ0n) is 19.2. The first-order valence-electron chi connectivity index (χ1n) is 10.8. The number of aromatic nitrogens is 2. The highest BCUT2D eigenvalue weighted by atomic mass is 19.1. The number of fused-ring (bicyclic) bond motifs is 1. The molecule has 3 aromatic carbocycles. The van der Waals surface area contributed by atoms with Crippen LogP contribution in [-0.2, 0) is 13.2 Å². The second-order valence-corrected chi connectivity index (χ2v) is 7.63. The molecule has 8 heteroatoms. The minimum absolute atomic E-state index is 0.278. The van der Waals surface area contributed by atoms with Crippen LogP contribution in [0.3, 0.4) is 0 Å². The van der Waals surface area contributed by atoms with Crippen LogP contribution in [0.5, 0.6) is 11.5 Å². The summed E-state index contributed by atoms with van der Waals surface area (Å²) in [6.45, 7) is 5.10. The average molecular weight is 461 g/mol. The van der Waals surface area contributed by atoms with E-state index in [1.165, 1.54) is 18.3 Å². The molecule has 34 heavy (non-hydrogen) atoms. The molecule has 1 heterocycles. The lowest BCUT2D eigenvalue weighted by Gasteiger charge is -2.11. The van der Waals surface area contributed by atoms with E-state index < -0.39 is 0 Å². The Kier molecular flexibility index (Phi) is 6.87. The molecule has 1 N–H and O–H groups in total. The molecule has 1 aromatic heterocycles. The van der Waals surface area contributed by atoms with Crippen molar-refractivity contribution in [1.29, 1.82) is 0 Å². The molecule has 0 saturated heterocycles. The van der Waals surface area contributed by atoms with Gasteiger partial charge in [0.2, 0.25) is 0 Å². The van der Waals surface area contributed by atoms with Crippen molar-refractivity contribution in [1.82, 2.24) is 15.0 Å². The van der Waals surface area contributed by atoms with Gasteiger partial charge in [-0.2, -0.15) is 5.10 Å². The Labute approximate surface area is 196 Å². The van der Waals surface area contributed by atoms with Crippen molar-refractivity contribution >= 4 is 23.2 Å². The number of methoxy groups -OCH3 is 1. The molecule has 0 saturated carbocycles. The summed E-state index contributed by atoms with van der Waals surface area (Å²) in [6, 6.07) is 16.8. The third-order valence-electron chi connectivity index (χ3n) is 5.39. The van der Waals surface area contributed by atoms with Gasteiger partial charge in [-0.25, -0.2) is 14.8 Å². The van der Waals surface area contributed by atoms with E-state index in [0.29, 0.717) is 17.1 Å². The summed E-state index contributed by atoms with van der Waals surface area (Å²) in [5, 5.41) is 4.06. The summed E-state index contributed by atoms with van der Waals surface area (Å²) in [7, 11) is 1.54. The number of rotatable bonds is 8. The minimum atomic E-state index is -0.326. The molecule has 0 spiro atoms. The maximum absolute atomic E-state index is 13.0. The number of hydrazone groups is 1. The van der Waals surface area contributed by atoms with E-state index in [4.69, 9.17) is 9.47 Å². The van der Waals surface area contributed by atoms with Gasteiger partial charge in [-0.15, -0.1) is 0 Å². The van der Waals surface area contributed by atoms with Gasteiger partial charge in [0, 0.05) is 12.1 Å². The number of amides is 1. The predicted octanol–water partition coefficient (Wildman–Crippen LogP) is 4.86. The Bertz CT molecular complexity index is 1350. The molecule has 0 aliphatic carbocycles. The fourth-order valence-corrected chi connectivity index (χ4v) is 3.65. The lowest BCUT2D eigenvalue weighted by molar-refractivity contribution is 0.0955. The number of imidazole rings is 1. The quantitative estimate of drug-likeness (QED) is 0.301. The number of nitrogens with one attached hydrogen (secondary N) is 1. The normalized spacial score (nSPS) is 11.2. The third kappa shape index (κ3) is 5.06. The molecule has 0 bridgehead atoms. The van der Waals surface area contributed by atoms with Gasteiger partial charge in [0.25, 0.3) is 5.91 Å². The first-order valence-corrected chi connectivity index (χ1v) is 10.8. The van der Waals surface area contributed by atoms with Crippen LogP contribution in [0.2, 0.25) is 0 Å². The first-order chi connectivity index (χ1) is 16.5. The van der Waals surface area contributed by atoms with Gasteiger partial charge in [-0.3, -0.25) is 4.79 Å². The smallest absolute Gasteiger partial charge is 0.271 e. The standard InChI is InChI=1S/C26H25FN4O3/c1-4-31-17(2)29-22-14-20(8-11-23(22)31)26(32)30-28-15-19-7-12-24(25(13-19)33-3)34-16-18-5-9-21(27)10-6-18/h5-15H,4,16H2,1-3H3,(H,30,32)/b28-15+. The number of halogens is 1. The fraction of sp³-hybridized carbons (Fsp3) is 0.192. The van der Waals surface area contributed by atoms with Crippen molar-refractivity contribution in [2.45, 2.75) is 27.0 Å². The Morgan fingerprint density at radius 3 is 2.65 bits per heavy atom. The molecule has 0 atom stereocenters. The largest absolute Gasteiger partial charge is 0.493 e. The highest BCUT2D eigenvalue weighted by molar-refractivity contribution is 5.98. The van der Waals surface area contributed by atoms with Crippen molar-refractivity contribution in [3.8, 4) is 11.5 Å². The summed E-state index contributed by atoms with van der Waals surface area (Å²) in [5.74, 6) is 1.35. The molecule has 4 aromatic rings. The van der Waals surface area contributed by atoms with Crippen LogP contribution in [-0.4, -0.2) is 28.8 Å². The van der Waals surface area contributed by atoms with E-state index in [1.807, 2.05) is 13.0 Å². The van der Waals surface area contributed by atoms with E-state index in [1.54, 1.807) is 49.6 Å². The van der Waals surface area contributed by atoms with Crippen LogP contribution < -0.4 is 14.9 Å². The van der Waals surface area contributed by atoms with E-state index in [-0.39, 0.29) is 18.3 Å². The number of ether oxygens (including phenoxy) is 2. The molecular weight excluding hydrogens is 435 g/mol. The number of carbonyl (C=O) groups excluding carboxylic acids is 1. The number of carbonyl (C=O) groups is 1. The van der Waals surface area contributed by atoms with Crippen molar-refractivity contribution in [3.63, 3.8) is 0 Å². The fourth-order valence-electron chi connectivity index (χ4n) is 3.65. The molecule has 0 radical (unpaired) electrons. The Morgan fingerprint density at radius 1 is 1.12 bits per heavy atom. The molecule has 0 fully saturated rings. The number of nitrogens with zero attached hydrogens (tertiary/aromatic N) is 3.